The molecule has 3 rings (SSSR count). The summed E-state index contributed by atoms with van der Waals surface area (Å²) in [5.41, 5.74) is 0.900. The standard InChI is InChI=1S/C25H33N3O3S/c1-28(2)16-8-3-4-9-17-29-23-14-12-21(13-15-23)25-27-26-24(31-25)20-32-19-18-30-22-10-6-5-7-11-22/h5-7,10-15H,3-4,8-9,16-20H2,1-2H3. The molecule has 0 unspecified atom stereocenters. The van der Waals surface area contributed by atoms with Gasteiger partial charge in [0.15, 0.2) is 0 Å². The summed E-state index contributed by atoms with van der Waals surface area (Å²) in [5.74, 6) is 4.44. The van der Waals surface area contributed by atoms with E-state index in [2.05, 4.69) is 29.2 Å². The van der Waals surface area contributed by atoms with Gasteiger partial charge in [-0.05, 0) is 69.9 Å². The second-order valence-corrected chi connectivity index (χ2v) is 8.91. The minimum absolute atomic E-state index is 0.536. The van der Waals surface area contributed by atoms with Crippen molar-refractivity contribution >= 4 is 11.8 Å². The van der Waals surface area contributed by atoms with Crippen LogP contribution >= 0.6 is 11.8 Å². The van der Waals surface area contributed by atoms with Crippen LogP contribution in [0.1, 0.15) is 31.6 Å². The number of rotatable bonds is 15. The van der Waals surface area contributed by atoms with Crippen LogP contribution in [0.5, 0.6) is 11.5 Å². The molecule has 0 bridgehead atoms. The summed E-state index contributed by atoms with van der Waals surface area (Å²) in [5, 5.41) is 8.33. The van der Waals surface area contributed by atoms with Crippen LogP contribution < -0.4 is 9.47 Å². The summed E-state index contributed by atoms with van der Waals surface area (Å²) < 4.78 is 17.3. The molecule has 1 aromatic heterocycles. The lowest BCUT2D eigenvalue weighted by molar-refractivity contribution is 0.302. The Morgan fingerprint density at radius 3 is 2.31 bits per heavy atom. The van der Waals surface area contributed by atoms with E-state index < -0.39 is 0 Å². The quantitative estimate of drug-likeness (QED) is 0.278. The lowest BCUT2D eigenvalue weighted by atomic mass is 10.2. The maximum Gasteiger partial charge on any atom is 0.247 e. The number of thioether (sulfide) groups is 1. The van der Waals surface area contributed by atoms with Crippen molar-refractivity contribution in [1.29, 1.82) is 0 Å². The second kappa shape index (κ2) is 13.8. The van der Waals surface area contributed by atoms with Gasteiger partial charge in [-0.1, -0.05) is 31.0 Å². The van der Waals surface area contributed by atoms with Crippen molar-refractivity contribution in [2.24, 2.45) is 0 Å². The minimum Gasteiger partial charge on any atom is -0.494 e. The number of hydrogen-bond acceptors (Lipinski definition) is 7. The Kier molecular flexibility index (Phi) is 10.4. The van der Waals surface area contributed by atoms with Crippen molar-refractivity contribution in [2.45, 2.75) is 31.4 Å². The Morgan fingerprint density at radius 2 is 1.53 bits per heavy atom. The predicted molar refractivity (Wildman–Crippen MR) is 130 cm³/mol. The third kappa shape index (κ3) is 8.93. The zero-order valence-corrected chi connectivity index (χ0v) is 19.9. The molecule has 32 heavy (non-hydrogen) atoms. The van der Waals surface area contributed by atoms with Crippen LogP contribution in [-0.4, -0.2) is 54.7 Å². The number of aromatic nitrogens is 2. The number of ether oxygens (including phenoxy) is 2. The number of hydrogen-bond donors (Lipinski definition) is 0. The van der Waals surface area contributed by atoms with Gasteiger partial charge in [0.1, 0.15) is 11.5 Å². The molecular formula is C25H33N3O3S. The summed E-state index contributed by atoms with van der Waals surface area (Å²) in [7, 11) is 4.23. The zero-order valence-electron chi connectivity index (χ0n) is 19.0. The molecule has 7 heteroatoms. The molecule has 0 aliphatic rings. The van der Waals surface area contributed by atoms with Crippen molar-refractivity contribution in [3.63, 3.8) is 0 Å². The van der Waals surface area contributed by atoms with Gasteiger partial charge in [-0.2, -0.15) is 0 Å². The average molecular weight is 456 g/mol. The van der Waals surface area contributed by atoms with Crippen LogP contribution in [0.3, 0.4) is 0 Å². The first kappa shape index (κ1) is 24.1. The smallest absolute Gasteiger partial charge is 0.247 e. The first-order valence-corrected chi connectivity index (χ1v) is 12.3. The van der Waals surface area contributed by atoms with Gasteiger partial charge < -0.3 is 18.8 Å². The summed E-state index contributed by atoms with van der Waals surface area (Å²) in [4.78, 5) is 2.23. The van der Waals surface area contributed by atoms with Gasteiger partial charge in [0.25, 0.3) is 0 Å². The van der Waals surface area contributed by atoms with Crippen LogP contribution in [0.15, 0.2) is 59.0 Å². The van der Waals surface area contributed by atoms with Crippen molar-refractivity contribution in [3.8, 4) is 23.0 Å². The molecule has 0 aliphatic heterocycles. The van der Waals surface area contributed by atoms with E-state index in [1.54, 1.807) is 11.8 Å². The van der Waals surface area contributed by atoms with Crippen LogP contribution in [0.4, 0.5) is 0 Å². The normalized spacial score (nSPS) is 11.1. The molecule has 0 saturated heterocycles. The molecule has 0 aliphatic carbocycles. The van der Waals surface area contributed by atoms with E-state index in [1.807, 2.05) is 54.6 Å². The van der Waals surface area contributed by atoms with Crippen LogP contribution in [-0.2, 0) is 5.75 Å². The lowest BCUT2D eigenvalue weighted by Gasteiger charge is -2.09. The Hall–Kier alpha value is -2.51. The molecule has 0 saturated carbocycles. The first-order chi connectivity index (χ1) is 15.7. The van der Waals surface area contributed by atoms with E-state index in [-0.39, 0.29) is 0 Å². The first-order valence-electron chi connectivity index (χ1n) is 11.2. The minimum atomic E-state index is 0.536. The van der Waals surface area contributed by atoms with E-state index in [1.165, 1.54) is 19.3 Å². The van der Waals surface area contributed by atoms with Crippen molar-refractivity contribution < 1.29 is 13.9 Å². The third-order valence-corrected chi connectivity index (χ3v) is 5.71. The summed E-state index contributed by atoms with van der Waals surface area (Å²) in [6.07, 6.45) is 4.77. The molecule has 0 spiro atoms. The highest BCUT2D eigenvalue weighted by Crippen LogP contribution is 2.23. The molecule has 172 valence electrons. The number of para-hydroxylation sites is 1. The summed E-state index contributed by atoms with van der Waals surface area (Å²) >= 11 is 1.71. The molecular weight excluding hydrogens is 422 g/mol. The van der Waals surface area contributed by atoms with Gasteiger partial charge >= 0.3 is 0 Å². The highest BCUT2D eigenvalue weighted by molar-refractivity contribution is 7.98. The van der Waals surface area contributed by atoms with Gasteiger partial charge in [-0.25, -0.2) is 0 Å². The van der Waals surface area contributed by atoms with Crippen molar-refractivity contribution in [2.75, 3.05) is 39.6 Å². The van der Waals surface area contributed by atoms with Gasteiger partial charge in [-0.3, -0.25) is 0 Å². The lowest BCUT2D eigenvalue weighted by Crippen LogP contribution is -2.12. The largest absolute Gasteiger partial charge is 0.494 e. The van der Waals surface area contributed by atoms with E-state index >= 15 is 0 Å². The topological polar surface area (TPSA) is 60.6 Å². The Balaban J connectivity index is 1.32. The second-order valence-electron chi connectivity index (χ2n) is 7.81. The zero-order chi connectivity index (χ0) is 22.4. The fraction of sp³-hybridized carbons (Fsp3) is 0.440. The third-order valence-electron chi connectivity index (χ3n) is 4.80. The monoisotopic (exact) mass is 455 g/mol. The molecule has 6 nitrogen and oxygen atoms in total. The molecule has 3 aromatic rings. The van der Waals surface area contributed by atoms with Gasteiger partial charge in [-0.15, -0.1) is 22.0 Å². The number of nitrogens with zero attached hydrogens (tertiary/aromatic N) is 3. The van der Waals surface area contributed by atoms with Crippen molar-refractivity contribution in [3.05, 3.63) is 60.5 Å². The van der Waals surface area contributed by atoms with Gasteiger partial charge in [0.2, 0.25) is 11.8 Å². The molecule has 0 radical (unpaired) electrons. The van der Waals surface area contributed by atoms with Crippen LogP contribution in [0, 0.1) is 0 Å². The van der Waals surface area contributed by atoms with Gasteiger partial charge in [0.05, 0.1) is 19.0 Å². The van der Waals surface area contributed by atoms with Crippen molar-refractivity contribution in [1.82, 2.24) is 15.1 Å². The highest BCUT2D eigenvalue weighted by atomic mass is 32.2. The van der Waals surface area contributed by atoms with E-state index in [9.17, 15) is 0 Å². The fourth-order valence-electron chi connectivity index (χ4n) is 3.09. The molecule has 1 heterocycles. The van der Waals surface area contributed by atoms with E-state index in [0.29, 0.717) is 24.1 Å². The highest BCUT2D eigenvalue weighted by Gasteiger charge is 2.09. The predicted octanol–water partition coefficient (Wildman–Crippen LogP) is 5.55. The maximum atomic E-state index is 5.85. The van der Waals surface area contributed by atoms with Gasteiger partial charge in [0, 0.05) is 11.3 Å². The SMILES string of the molecule is CN(C)CCCCCCOc1ccc(-c2nnc(CSCCOc3ccccc3)o2)cc1. The Labute approximate surface area is 195 Å². The van der Waals surface area contributed by atoms with E-state index in [0.717, 1.165) is 42.4 Å². The molecule has 0 fully saturated rings. The summed E-state index contributed by atoms with van der Waals surface area (Å²) in [6, 6.07) is 17.7. The molecule has 0 N–H and O–H groups in total. The van der Waals surface area contributed by atoms with E-state index in [4.69, 9.17) is 13.9 Å². The van der Waals surface area contributed by atoms with Crippen LogP contribution in [0.25, 0.3) is 11.5 Å². The maximum absolute atomic E-state index is 5.85. The number of benzene rings is 2. The molecule has 0 amide bonds. The Bertz CT molecular complexity index is 885. The Morgan fingerprint density at radius 1 is 0.812 bits per heavy atom. The average Bonchev–Trinajstić information content (AvgIpc) is 3.28. The number of unbranched alkanes of at least 4 members (excludes halogenated alkanes) is 3. The molecule has 2 aromatic carbocycles. The van der Waals surface area contributed by atoms with Crippen LogP contribution in [0.2, 0.25) is 0 Å². The fourth-order valence-corrected chi connectivity index (χ4v) is 3.73. The molecule has 0 atom stereocenters. The summed E-state index contributed by atoms with van der Waals surface area (Å²) in [6.45, 7) is 2.55.